The van der Waals surface area contributed by atoms with Gasteiger partial charge < -0.3 is 10.2 Å². The van der Waals surface area contributed by atoms with E-state index in [0.29, 0.717) is 19.4 Å². The summed E-state index contributed by atoms with van der Waals surface area (Å²) in [5, 5.41) is 3.63. The van der Waals surface area contributed by atoms with Crippen LogP contribution in [0.1, 0.15) is 29.1 Å². The van der Waals surface area contributed by atoms with Crippen LogP contribution in [0.2, 0.25) is 0 Å². The van der Waals surface area contributed by atoms with Crippen molar-refractivity contribution >= 4 is 23.7 Å². The molecule has 1 aliphatic heterocycles. The highest BCUT2D eigenvalue weighted by Crippen LogP contribution is 2.08. The number of hydrogen-bond donors (Lipinski definition) is 1. The number of amides is 2. The van der Waals surface area contributed by atoms with Crippen molar-refractivity contribution < 1.29 is 9.59 Å². The van der Waals surface area contributed by atoms with Crippen molar-refractivity contribution in [2.75, 3.05) is 19.6 Å². The molecule has 0 aliphatic carbocycles. The number of nitrogens with one attached hydrogen (secondary N) is 1. The van der Waals surface area contributed by atoms with Gasteiger partial charge in [-0.1, -0.05) is 0 Å². The molecule has 0 bridgehead atoms. The van der Waals surface area contributed by atoms with Gasteiger partial charge >= 0.3 is 0 Å². The number of carbonyl (C=O) groups excluding carboxylic acids is 2. The lowest BCUT2D eigenvalue weighted by Crippen LogP contribution is -2.30. The molecule has 0 unspecified atom stereocenters. The molecule has 0 atom stereocenters. The second-order valence-electron chi connectivity index (χ2n) is 4.40. The van der Waals surface area contributed by atoms with E-state index in [0.717, 1.165) is 30.9 Å². The third kappa shape index (κ3) is 6.33. The summed E-state index contributed by atoms with van der Waals surface area (Å²) in [6, 6.07) is 0. The van der Waals surface area contributed by atoms with Crippen LogP contribution in [-0.2, 0) is 9.59 Å². The normalized spacial score (nSPS) is 13.7. The van der Waals surface area contributed by atoms with Crippen molar-refractivity contribution in [2.45, 2.75) is 33.1 Å². The van der Waals surface area contributed by atoms with Crippen molar-refractivity contribution in [1.29, 1.82) is 0 Å². The van der Waals surface area contributed by atoms with Crippen LogP contribution in [-0.4, -0.2) is 41.8 Å². The fraction of sp³-hybridized carbons (Fsp3) is 0.615. The molecule has 2 rings (SSSR count). The van der Waals surface area contributed by atoms with Gasteiger partial charge in [-0.25, -0.2) is 4.98 Å². The minimum Gasteiger partial charge on any atom is -0.358 e. The third-order valence-corrected chi connectivity index (χ3v) is 3.59. The van der Waals surface area contributed by atoms with Gasteiger partial charge in [0, 0.05) is 37.1 Å². The van der Waals surface area contributed by atoms with E-state index in [-0.39, 0.29) is 5.91 Å². The SMILES string of the molecule is Cc1cnc(C)s1.O=CNCCC(=O)N1CCCC1. The van der Waals surface area contributed by atoms with Gasteiger partial charge in [0.05, 0.1) is 5.01 Å². The molecule has 6 heteroatoms. The van der Waals surface area contributed by atoms with Crippen LogP contribution in [0, 0.1) is 13.8 Å². The molecule has 2 amide bonds. The summed E-state index contributed by atoms with van der Waals surface area (Å²) in [7, 11) is 0. The van der Waals surface area contributed by atoms with E-state index >= 15 is 0 Å². The van der Waals surface area contributed by atoms with Gasteiger partial charge in [0.1, 0.15) is 0 Å². The van der Waals surface area contributed by atoms with Crippen molar-refractivity contribution in [3.05, 3.63) is 16.1 Å². The fourth-order valence-corrected chi connectivity index (χ4v) is 2.51. The van der Waals surface area contributed by atoms with E-state index < -0.39 is 0 Å². The zero-order valence-corrected chi connectivity index (χ0v) is 12.3. The predicted octanol–water partition coefficient (Wildman–Crippen LogP) is 1.50. The second-order valence-corrected chi connectivity index (χ2v) is 5.84. The van der Waals surface area contributed by atoms with Crippen LogP contribution >= 0.6 is 11.3 Å². The molecule has 1 aromatic heterocycles. The molecule has 0 saturated carbocycles. The Bertz CT molecular complexity index is 384. The summed E-state index contributed by atoms with van der Waals surface area (Å²) < 4.78 is 0. The number of rotatable bonds is 4. The molecular formula is C13H21N3O2S. The first kappa shape index (κ1) is 15.6. The number of carbonyl (C=O) groups is 2. The van der Waals surface area contributed by atoms with Gasteiger partial charge in [0.25, 0.3) is 0 Å². The molecule has 5 nitrogen and oxygen atoms in total. The number of thiazole rings is 1. The Morgan fingerprint density at radius 3 is 2.58 bits per heavy atom. The quantitative estimate of drug-likeness (QED) is 0.673. The Labute approximate surface area is 118 Å². The molecule has 0 aromatic carbocycles. The van der Waals surface area contributed by atoms with Crippen LogP contribution in [0.3, 0.4) is 0 Å². The van der Waals surface area contributed by atoms with E-state index in [9.17, 15) is 9.59 Å². The van der Waals surface area contributed by atoms with Gasteiger partial charge in [-0.05, 0) is 26.7 Å². The molecular weight excluding hydrogens is 262 g/mol. The molecule has 1 N–H and O–H groups in total. The van der Waals surface area contributed by atoms with Crippen molar-refractivity contribution in [3.8, 4) is 0 Å². The summed E-state index contributed by atoms with van der Waals surface area (Å²) in [5.74, 6) is 0.154. The standard InChI is InChI=1S/C8H14N2O2.C5H7NS/c11-7-9-4-3-8(12)10-5-1-2-6-10;1-4-3-6-5(2)7-4/h7H,1-6H2,(H,9,11);3H,1-2H3. The fourth-order valence-electron chi connectivity index (χ4n) is 1.83. The summed E-state index contributed by atoms with van der Waals surface area (Å²) in [6.07, 6.45) is 5.18. The summed E-state index contributed by atoms with van der Waals surface area (Å²) in [6.45, 7) is 6.31. The highest BCUT2D eigenvalue weighted by atomic mass is 32.1. The first-order chi connectivity index (χ1) is 9.13. The highest BCUT2D eigenvalue weighted by molar-refractivity contribution is 7.11. The van der Waals surface area contributed by atoms with E-state index in [1.54, 1.807) is 11.3 Å². The largest absolute Gasteiger partial charge is 0.358 e. The van der Waals surface area contributed by atoms with Gasteiger partial charge in [0.2, 0.25) is 12.3 Å². The number of likely N-dealkylation sites (tertiary alicyclic amines) is 1. The minimum atomic E-state index is 0.154. The maximum absolute atomic E-state index is 11.3. The molecule has 106 valence electrons. The second kappa shape index (κ2) is 8.63. The Hall–Kier alpha value is -1.43. The van der Waals surface area contributed by atoms with Crippen molar-refractivity contribution in [1.82, 2.24) is 15.2 Å². The van der Waals surface area contributed by atoms with E-state index in [4.69, 9.17) is 0 Å². The number of aryl methyl sites for hydroxylation is 2. The van der Waals surface area contributed by atoms with Gasteiger partial charge in [-0.15, -0.1) is 11.3 Å². The van der Waals surface area contributed by atoms with E-state index in [1.165, 1.54) is 4.88 Å². The van der Waals surface area contributed by atoms with E-state index in [2.05, 4.69) is 17.2 Å². The van der Waals surface area contributed by atoms with Gasteiger partial charge in [-0.2, -0.15) is 0 Å². The maximum Gasteiger partial charge on any atom is 0.224 e. The molecule has 1 fully saturated rings. The molecule has 19 heavy (non-hydrogen) atoms. The van der Waals surface area contributed by atoms with Crippen molar-refractivity contribution in [2.24, 2.45) is 0 Å². The Morgan fingerprint density at radius 1 is 1.47 bits per heavy atom. The lowest BCUT2D eigenvalue weighted by atomic mass is 10.3. The van der Waals surface area contributed by atoms with Crippen LogP contribution in [0.25, 0.3) is 0 Å². The van der Waals surface area contributed by atoms with Gasteiger partial charge in [0.15, 0.2) is 0 Å². The molecule has 1 aliphatic rings. The lowest BCUT2D eigenvalue weighted by Gasteiger charge is -2.14. The van der Waals surface area contributed by atoms with Crippen molar-refractivity contribution in [3.63, 3.8) is 0 Å². The average Bonchev–Trinajstić information content (AvgIpc) is 3.02. The van der Waals surface area contributed by atoms with Crippen LogP contribution in [0.4, 0.5) is 0 Å². The minimum absolute atomic E-state index is 0.154. The summed E-state index contributed by atoms with van der Waals surface area (Å²) >= 11 is 1.73. The first-order valence-corrected chi connectivity index (χ1v) is 7.29. The van der Waals surface area contributed by atoms with Crippen LogP contribution < -0.4 is 5.32 Å². The Morgan fingerprint density at radius 2 is 2.16 bits per heavy atom. The Balaban J connectivity index is 0.000000218. The average molecular weight is 283 g/mol. The monoisotopic (exact) mass is 283 g/mol. The number of aromatic nitrogens is 1. The highest BCUT2D eigenvalue weighted by Gasteiger charge is 2.16. The lowest BCUT2D eigenvalue weighted by molar-refractivity contribution is -0.130. The predicted molar refractivity (Wildman–Crippen MR) is 76.1 cm³/mol. The number of nitrogens with zero attached hydrogens (tertiary/aromatic N) is 2. The Kier molecular flexibility index (Phi) is 7.10. The smallest absolute Gasteiger partial charge is 0.224 e. The van der Waals surface area contributed by atoms with Crippen LogP contribution in [0.5, 0.6) is 0 Å². The molecule has 0 spiro atoms. The molecule has 1 aromatic rings. The van der Waals surface area contributed by atoms with E-state index in [1.807, 2.05) is 18.0 Å². The molecule has 2 heterocycles. The van der Waals surface area contributed by atoms with Gasteiger partial charge in [-0.3, -0.25) is 9.59 Å². The van der Waals surface area contributed by atoms with Crippen LogP contribution in [0.15, 0.2) is 6.20 Å². The summed E-state index contributed by atoms with van der Waals surface area (Å²) in [4.78, 5) is 28.3. The molecule has 1 saturated heterocycles. The zero-order chi connectivity index (χ0) is 14.1. The zero-order valence-electron chi connectivity index (χ0n) is 11.5. The maximum atomic E-state index is 11.3. The topological polar surface area (TPSA) is 62.3 Å². The summed E-state index contributed by atoms with van der Waals surface area (Å²) in [5.41, 5.74) is 0. The first-order valence-electron chi connectivity index (χ1n) is 6.47. The molecule has 0 radical (unpaired) electrons. The third-order valence-electron chi connectivity index (χ3n) is 2.76. The number of hydrogen-bond acceptors (Lipinski definition) is 4.